The minimum Gasteiger partial charge on any atom is -0.484 e. The van der Waals surface area contributed by atoms with Crippen molar-refractivity contribution in [1.82, 2.24) is 10.4 Å². The summed E-state index contributed by atoms with van der Waals surface area (Å²) in [4.78, 5) is 16.9. The smallest absolute Gasteiger partial charge is 0.277 e. The maximum absolute atomic E-state index is 13.6. The zero-order valence-corrected chi connectivity index (χ0v) is 20.3. The molecule has 0 bridgehead atoms. The number of carbonyl (C=O) groups is 1. The van der Waals surface area contributed by atoms with Gasteiger partial charge < -0.3 is 4.74 Å². The highest BCUT2D eigenvalue weighted by Gasteiger charge is 2.11. The largest absolute Gasteiger partial charge is 0.484 e. The average molecular weight is 510 g/mol. The Morgan fingerprint density at radius 1 is 0.919 bits per heavy atom. The maximum atomic E-state index is 13.6. The zero-order chi connectivity index (χ0) is 25.6. The number of ether oxygens (including phenoxy) is 1. The molecule has 0 aliphatic carbocycles. The zero-order valence-electron chi connectivity index (χ0n) is 19.6. The molecule has 0 saturated heterocycles. The molecule has 0 atom stereocenters. The Balaban J connectivity index is 1.29. The normalized spacial score (nSPS) is 11.1. The molecule has 1 amide bonds. The number of hydrazone groups is 1. The van der Waals surface area contributed by atoms with Crippen LogP contribution in [0.4, 0.5) is 4.39 Å². The number of benzene rings is 4. The molecule has 4 aromatic carbocycles. The molecular weight excluding hydrogens is 489 g/mol. The first kappa shape index (κ1) is 24.2. The summed E-state index contributed by atoms with van der Waals surface area (Å²) in [5, 5.41) is 5.40. The van der Waals surface area contributed by atoms with Gasteiger partial charge in [0.1, 0.15) is 11.6 Å². The van der Waals surface area contributed by atoms with Crippen molar-refractivity contribution in [2.45, 2.75) is 0 Å². The Kier molecular flexibility index (Phi) is 7.19. The van der Waals surface area contributed by atoms with Crippen LogP contribution in [0.5, 0.6) is 5.75 Å². The number of hydrogen-bond donors (Lipinski definition) is 1. The minimum atomic E-state index is -0.459. The number of nitrogens with zero attached hydrogens (tertiary/aromatic N) is 2. The lowest BCUT2D eigenvalue weighted by Gasteiger charge is -2.11. The van der Waals surface area contributed by atoms with Gasteiger partial charge in [-0.25, -0.2) is 14.8 Å². The number of pyridine rings is 1. The Hall–Kier alpha value is -4.55. The van der Waals surface area contributed by atoms with Crippen molar-refractivity contribution < 1.29 is 13.9 Å². The van der Waals surface area contributed by atoms with E-state index in [1.807, 2.05) is 54.6 Å². The van der Waals surface area contributed by atoms with Crippen molar-refractivity contribution in [2.24, 2.45) is 5.10 Å². The van der Waals surface area contributed by atoms with E-state index in [1.54, 1.807) is 30.3 Å². The van der Waals surface area contributed by atoms with E-state index in [0.717, 1.165) is 33.3 Å². The van der Waals surface area contributed by atoms with Crippen LogP contribution in [0.25, 0.3) is 33.3 Å². The molecule has 1 aromatic heterocycles. The molecule has 0 unspecified atom stereocenters. The summed E-state index contributed by atoms with van der Waals surface area (Å²) in [5.41, 5.74) is 7.27. The number of fused-ring (bicyclic) bond motifs is 1. The van der Waals surface area contributed by atoms with Gasteiger partial charge in [-0.1, -0.05) is 60.1 Å². The summed E-state index contributed by atoms with van der Waals surface area (Å²) < 4.78 is 19.2. The van der Waals surface area contributed by atoms with Crippen LogP contribution in [0.1, 0.15) is 5.56 Å². The number of carbonyl (C=O) groups excluding carboxylic acids is 1. The first-order valence-corrected chi connectivity index (χ1v) is 11.9. The summed E-state index contributed by atoms with van der Waals surface area (Å²) in [6.07, 6.45) is 1.25. The second-order valence-electron chi connectivity index (χ2n) is 8.21. The van der Waals surface area contributed by atoms with Crippen molar-refractivity contribution in [3.05, 3.63) is 120 Å². The van der Waals surface area contributed by atoms with Crippen LogP contribution >= 0.6 is 11.6 Å². The third kappa shape index (κ3) is 5.82. The van der Waals surface area contributed by atoms with Crippen LogP contribution in [0.2, 0.25) is 5.02 Å². The van der Waals surface area contributed by atoms with Gasteiger partial charge in [0.25, 0.3) is 5.91 Å². The van der Waals surface area contributed by atoms with Gasteiger partial charge in [-0.3, -0.25) is 4.79 Å². The Labute approximate surface area is 218 Å². The van der Waals surface area contributed by atoms with Crippen LogP contribution in [-0.4, -0.2) is 23.7 Å². The molecule has 0 spiro atoms. The summed E-state index contributed by atoms with van der Waals surface area (Å²) >= 11 is 6.27. The van der Waals surface area contributed by atoms with E-state index in [-0.39, 0.29) is 12.2 Å². The lowest BCUT2D eigenvalue weighted by atomic mass is 9.98. The van der Waals surface area contributed by atoms with E-state index in [1.165, 1.54) is 12.3 Å². The molecule has 0 aliphatic heterocycles. The van der Waals surface area contributed by atoms with E-state index in [9.17, 15) is 9.18 Å². The molecule has 0 radical (unpaired) electrons. The maximum Gasteiger partial charge on any atom is 0.277 e. The fourth-order valence-corrected chi connectivity index (χ4v) is 4.03. The average Bonchev–Trinajstić information content (AvgIpc) is 2.93. The van der Waals surface area contributed by atoms with Crippen LogP contribution < -0.4 is 10.2 Å². The number of hydrogen-bond acceptors (Lipinski definition) is 4. The van der Waals surface area contributed by atoms with Gasteiger partial charge in [0.05, 0.1) is 17.4 Å². The standard InChI is InChI=1S/C30H21ClFN3O2/c31-23-12-15-28-26(16-23)25(20-6-2-1-3-7-20)17-29(34-28)21-10-13-24(14-11-21)37-19-30(36)35-33-18-22-8-4-5-9-27(22)32/h1-18H,19H2,(H,35,36)/b33-18+. The molecule has 182 valence electrons. The second-order valence-corrected chi connectivity index (χ2v) is 8.65. The highest BCUT2D eigenvalue weighted by atomic mass is 35.5. The number of halogens is 2. The lowest BCUT2D eigenvalue weighted by Crippen LogP contribution is -2.24. The fraction of sp³-hybridized carbons (Fsp3) is 0.0333. The van der Waals surface area contributed by atoms with Crippen LogP contribution in [0.15, 0.2) is 108 Å². The van der Waals surface area contributed by atoms with Crippen molar-refractivity contribution in [2.75, 3.05) is 6.61 Å². The molecule has 5 rings (SSSR count). The van der Waals surface area contributed by atoms with Crippen molar-refractivity contribution in [3.8, 4) is 28.1 Å². The van der Waals surface area contributed by atoms with Gasteiger partial charge in [-0.2, -0.15) is 5.10 Å². The SMILES string of the molecule is O=C(COc1ccc(-c2cc(-c3ccccc3)c3cc(Cl)ccc3n2)cc1)N/N=C/c1ccccc1F. The molecule has 1 N–H and O–H groups in total. The van der Waals surface area contributed by atoms with E-state index in [2.05, 4.69) is 22.7 Å². The summed E-state index contributed by atoms with van der Waals surface area (Å²) in [6.45, 7) is -0.235. The quantitative estimate of drug-likeness (QED) is 0.192. The predicted octanol–water partition coefficient (Wildman–Crippen LogP) is 6.89. The molecule has 37 heavy (non-hydrogen) atoms. The monoisotopic (exact) mass is 509 g/mol. The first-order valence-electron chi connectivity index (χ1n) is 11.5. The van der Waals surface area contributed by atoms with Gasteiger partial charge in [-0.05, 0) is 65.7 Å². The Bertz CT molecular complexity index is 1590. The summed E-state index contributed by atoms with van der Waals surface area (Å²) in [5.74, 6) is -0.357. The molecule has 5 aromatic rings. The Morgan fingerprint density at radius 2 is 1.68 bits per heavy atom. The van der Waals surface area contributed by atoms with E-state index < -0.39 is 11.7 Å². The fourth-order valence-electron chi connectivity index (χ4n) is 3.86. The van der Waals surface area contributed by atoms with Gasteiger partial charge in [0.15, 0.2) is 6.61 Å². The second kappa shape index (κ2) is 11.0. The van der Waals surface area contributed by atoms with Crippen LogP contribution in [0.3, 0.4) is 0 Å². The Morgan fingerprint density at radius 3 is 2.46 bits per heavy atom. The number of aromatic nitrogens is 1. The molecule has 0 fully saturated rings. The van der Waals surface area contributed by atoms with E-state index >= 15 is 0 Å². The van der Waals surface area contributed by atoms with Gasteiger partial charge in [0.2, 0.25) is 0 Å². The van der Waals surface area contributed by atoms with E-state index in [0.29, 0.717) is 10.8 Å². The van der Waals surface area contributed by atoms with Crippen LogP contribution in [-0.2, 0) is 4.79 Å². The number of rotatable bonds is 7. The highest BCUT2D eigenvalue weighted by molar-refractivity contribution is 6.31. The number of nitrogens with one attached hydrogen (secondary N) is 1. The van der Waals surface area contributed by atoms with Crippen molar-refractivity contribution >= 4 is 34.6 Å². The van der Waals surface area contributed by atoms with E-state index in [4.69, 9.17) is 21.3 Å². The topological polar surface area (TPSA) is 63.6 Å². The van der Waals surface area contributed by atoms with Crippen molar-refractivity contribution in [1.29, 1.82) is 0 Å². The molecule has 1 heterocycles. The molecular formula is C30H21ClFN3O2. The number of amides is 1. The lowest BCUT2D eigenvalue weighted by molar-refractivity contribution is -0.123. The summed E-state index contributed by atoms with van der Waals surface area (Å²) in [7, 11) is 0. The van der Waals surface area contributed by atoms with Gasteiger partial charge in [0, 0.05) is 21.5 Å². The van der Waals surface area contributed by atoms with Crippen molar-refractivity contribution in [3.63, 3.8) is 0 Å². The third-order valence-electron chi connectivity index (χ3n) is 5.67. The van der Waals surface area contributed by atoms with Gasteiger partial charge in [-0.15, -0.1) is 0 Å². The minimum absolute atomic E-state index is 0.235. The third-order valence-corrected chi connectivity index (χ3v) is 5.91. The highest BCUT2D eigenvalue weighted by Crippen LogP contribution is 2.33. The predicted molar refractivity (Wildman–Crippen MR) is 145 cm³/mol. The summed E-state index contributed by atoms with van der Waals surface area (Å²) in [6, 6.07) is 31.3. The molecule has 0 aliphatic rings. The van der Waals surface area contributed by atoms with Crippen LogP contribution in [0, 0.1) is 5.82 Å². The molecule has 7 heteroatoms. The molecule has 0 saturated carbocycles. The molecule has 5 nitrogen and oxygen atoms in total. The first-order chi connectivity index (χ1) is 18.1. The van der Waals surface area contributed by atoms with Gasteiger partial charge >= 0.3 is 0 Å².